The molecular formula is C10H6O3. The molecule has 1 aromatic rings. The van der Waals surface area contributed by atoms with Crippen molar-refractivity contribution < 1.29 is 14.3 Å². The minimum atomic E-state index is -0.663. The molecule has 1 aliphatic rings. The number of hydrogen-bond acceptors (Lipinski definition) is 3. The van der Waals surface area contributed by atoms with Gasteiger partial charge in [-0.25, -0.2) is 9.59 Å². The van der Waals surface area contributed by atoms with Gasteiger partial charge in [0.05, 0.1) is 11.1 Å². The molecule has 0 bridgehead atoms. The number of carbonyl (C=O) groups excluding carboxylic acids is 2. The second-order valence-electron chi connectivity index (χ2n) is 2.70. The molecule has 0 saturated heterocycles. The number of esters is 2. The van der Waals surface area contributed by atoms with Crippen molar-refractivity contribution in [3.8, 4) is 0 Å². The van der Waals surface area contributed by atoms with Gasteiger partial charge in [0, 0.05) is 5.56 Å². The van der Waals surface area contributed by atoms with Gasteiger partial charge in [0.25, 0.3) is 0 Å². The third-order valence-electron chi connectivity index (χ3n) is 1.90. The quantitative estimate of drug-likeness (QED) is 0.339. The van der Waals surface area contributed by atoms with E-state index >= 15 is 0 Å². The van der Waals surface area contributed by atoms with Crippen molar-refractivity contribution in [1.82, 2.24) is 0 Å². The maximum Gasteiger partial charge on any atom is 0.346 e. The molecule has 0 fully saturated rings. The first kappa shape index (κ1) is 7.73. The van der Waals surface area contributed by atoms with Crippen molar-refractivity contribution in [1.29, 1.82) is 0 Å². The molecule has 1 heterocycles. The van der Waals surface area contributed by atoms with Gasteiger partial charge in [-0.1, -0.05) is 24.8 Å². The SMILES string of the molecule is C=C1C(=O)OC(=O)c2ccccc21. The molecule has 3 nitrogen and oxygen atoms in total. The van der Waals surface area contributed by atoms with Crippen LogP contribution in [0.5, 0.6) is 0 Å². The van der Waals surface area contributed by atoms with Gasteiger partial charge in [-0.15, -0.1) is 0 Å². The third-order valence-corrected chi connectivity index (χ3v) is 1.90. The first-order chi connectivity index (χ1) is 6.20. The van der Waals surface area contributed by atoms with E-state index in [0.29, 0.717) is 11.1 Å². The first-order valence-corrected chi connectivity index (χ1v) is 3.75. The van der Waals surface area contributed by atoms with Crippen LogP contribution in [0.2, 0.25) is 0 Å². The van der Waals surface area contributed by atoms with Crippen LogP contribution in [-0.2, 0) is 9.53 Å². The Morgan fingerprint density at radius 1 is 1.00 bits per heavy atom. The van der Waals surface area contributed by atoms with Crippen molar-refractivity contribution in [2.75, 3.05) is 0 Å². The van der Waals surface area contributed by atoms with Crippen molar-refractivity contribution >= 4 is 17.5 Å². The number of carbonyl (C=O) groups is 2. The van der Waals surface area contributed by atoms with Crippen LogP contribution in [0.1, 0.15) is 15.9 Å². The van der Waals surface area contributed by atoms with Crippen LogP contribution >= 0.6 is 0 Å². The van der Waals surface area contributed by atoms with E-state index in [2.05, 4.69) is 11.3 Å². The zero-order valence-corrected chi connectivity index (χ0v) is 6.74. The monoisotopic (exact) mass is 174 g/mol. The van der Waals surface area contributed by atoms with Crippen molar-refractivity contribution in [2.45, 2.75) is 0 Å². The second-order valence-corrected chi connectivity index (χ2v) is 2.70. The van der Waals surface area contributed by atoms with E-state index in [1.54, 1.807) is 24.3 Å². The second kappa shape index (κ2) is 2.55. The van der Waals surface area contributed by atoms with E-state index in [-0.39, 0.29) is 5.57 Å². The van der Waals surface area contributed by atoms with E-state index in [0.717, 1.165) is 0 Å². The molecule has 0 aromatic heterocycles. The van der Waals surface area contributed by atoms with E-state index in [9.17, 15) is 9.59 Å². The van der Waals surface area contributed by atoms with Gasteiger partial charge < -0.3 is 4.74 Å². The van der Waals surface area contributed by atoms with Gasteiger partial charge in [0.2, 0.25) is 0 Å². The van der Waals surface area contributed by atoms with Crippen molar-refractivity contribution in [3.05, 3.63) is 42.0 Å². The Kier molecular flexibility index (Phi) is 1.52. The number of cyclic esters (lactones) is 2. The van der Waals surface area contributed by atoms with Crippen LogP contribution in [0, 0.1) is 0 Å². The standard InChI is InChI=1S/C10H6O3/c1-6-7-4-2-3-5-8(7)10(12)13-9(6)11/h2-5H,1H2. The zero-order valence-electron chi connectivity index (χ0n) is 6.74. The largest absolute Gasteiger partial charge is 0.386 e. The molecule has 3 heteroatoms. The van der Waals surface area contributed by atoms with E-state index < -0.39 is 11.9 Å². The number of benzene rings is 1. The predicted molar refractivity (Wildman–Crippen MR) is 45.9 cm³/mol. The van der Waals surface area contributed by atoms with E-state index in [4.69, 9.17) is 0 Å². The molecule has 1 aliphatic heterocycles. The fourth-order valence-electron chi connectivity index (χ4n) is 1.23. The number of ether oxygens (including phenoxy) is 1. The highest BCUT2D eigenvalue weighted by atomic mass is 16.6. The Hall–Kier alpha value is -1.90. The van der Waals surface area contributed by atoms with Crippen LogP contribution in [0.25, 0.3) is 5.57 Å². The smallest absolute Gasteiger partial charge is 0.346 e. The minimum Gasteiger partial charge on any atom is -0.386 e. The Morgan fingerprint density at radius 2 is 1.62 bits per heavy atom. The Morgan fingerprint density at radius 3 is 2.31 bits per heavy atom. The summed E-state index contributed by atoms with van der Waals surface area (Å²) in [5.74, 6) is -1.27. The molecule has 1 aromatic carbocycles. The van der Waals surface area contributed by atoms with E-state index in [1.165, 1.54) is 0 Å². The summed E-state index contributed by atoms with van der Waals surface area (Å²) in [5.41, 5.74) is 1.19. The zero-order chi connectivity index (χ0) is 9.42. The predicted octanol–water partition coefficient (Wildman–Crippen LogP) is 1.40. The molecule has 0 saturated carbocycles. The van der Waals surface area contributed by atoms with Gasteiger partial charge >= 0.3 is 11.9 Å². The molecule has 0 amide bonds. The summed E-state index contributed by atoms with van der Waals surface area (Å²) in [6.45, 7) is 3.54. The summed E-state index contributed by atoms with van der Waals surface area (Å²) in [7, 11) is 0. The minimum absolute atomic E-state index is 0.232. The van der Waals surface area contributed by atoms with Crippen LogP contribution in [0.4, 0.5) is 0 Å². The molecule has 13 heavy (non-hydrogen) atoms. The first-order valence-electron chi connectivity index (χ1n) is 3.75. The van der Waals surface area contributed by atoms with Gasteiger partial charge in [0.15, 0.2) is 0 Å². The summed E-state index contributed by atoms with van der Waals surface area (Å²) in [6, 6.07) is 6.74. The lowest BCUT2D eigenvalue weighted by Crippen LogP contribution is -2.21. The summed E-state index contributed by atoms with van der Waals surface area (Å²) in [5, 5.41) is 0. The lowest BCUT2D eigenvalue weighted by Gasteiger charge is -2.14. The number of fused-ring (bicyclic) bond motifs is 1. The molecule has 0 radical (unpaired) electrons. The molecule has 0 atom stereocenters. The molecule has 0 unspecified atom stereocenters. The molecule has 0 spiro atoms. The number of rotatable bonds is 0. The van der Waals surface area contributed by atoms with Gasteiger partial charge in [0.1, 0.15) is 0 Å². The summed E-state index contributed by atoms with van der Waals surface area (Å²) < 4.78 is 4.45. The van der Waals surface area contributed by atoms with E-state index in [1.807, 2.05) is 0 Å². The Labute approximate surface area is 74.6 Å². The Balaban J connectivity index is 2.67. The lowest BCUT2D eigenvalue weighted by atomic mass is 9.99. The molecule has 2 rings (SSSR count). The normalized spacial score (nSPS) is 15.2. The van der Waals surface area contributed by atoms with Crippen LogP contribution in [-0.4, -0.2) is 11.9 Å². The van der Waals surface area contributed by atoms with Gasteiger partial charge in [-0.05, 0) is 6.07 Å². The maximum absolute atomic E-state index is 11.2. The summed E-state index contributed by atoms with van der Waals surface area (Å²) in [6.07, 6.45) is 0. The highest BCUT2D eigenvalue weighted by Gasteiger charge is 2.27. The van der Waals surface area contributed by atoms with Crippen LogP contribution < -0.4 is 0 Å². The lowest BCUT2D eigenvalue weighted by molar-refractivity contribution is -0.131. The highest BCUT2D eigenvalue weighted by Crippen LogP contribution is 2.24. The fourth-order valence-corrected chi connectivity index (χ4v) is 1.23. The molecule has 0 aliphatic carbocycles. The molecule has 0 N–H and O–H groups in total. The molecular weight excluding hydrogens is 168 g/mol. The number of hydrogen-bond donors (Lipinski definition) is 0. The summed E-state index contributed by atoms with van der Waals surface area (Å²) >= 11 is 0. The average Bonchev–Trinajstić information content (AvgIpc) is 2.15. The third kappa shape index (κ3) is 1.05. The van der Waals surface area contributed by atoms with Gasteiger partial charge in [-0.3, -0.25) is 0 Å². The maximum atomic E-state index is 11.2. The van der Waals surface area contributed by atoms with Crippen molar-refractivity contribution in [2.24, 2.45) is 0 Å². The topological polar surface area (TPSA) is 43.4 Å². The molecule has 64 valence electrons. The fraction of sp³-hybridized carbons (Fsp3) is 0. The highest BCUT2D eigenvalue weighted by molar-refractivity contribution is 6.25. The Bertz CT molecular complexity index is 418. The van der Waals surface area contributed by atoms with Crippen LogP contribution in [0.15, 0.2) is 30.8 Å². The average molecular weight is 174 g/mol. The van der Waals surface area contributed by atoms with Crippen LogP contribution in [0.3, 0.4) is 0 Å². The summed E-state index contributed by atoms with van der Waals surface area (Å²) in [4.78, 5) is 22.2. The van der Waals surface area contributed by atoms with Crippen molar-refractivity contribution in [3.63, 3.8) is 0 Å². The van der Waals surface area contributed by atoms with Gasteiger partial charge in [-0.2, -0.15) is 0 Å².